The van der Waals surface area contributed by atoms with Crippen molar-refractivity contribution in [3.8, 4) is 0 Å². The van der Waals surface area contributed by atoms with Crippen molar-refractivity contribution in [3.05, 3.63) is 29.8 Å². The standard InChI is InChI=1S/C21H36N2O2S/c1-17(2)11-14-22(6)19-12-15-23(16-13-19)26(24,25)20-9-7-18(8-10-20)21(3,4)5/h7-10,17,19H,11-16H2,1-6H3/p+1. The van der Waals surface area contributed by atoms with E-state index in [4.69, 9.17) is 0 Å². The van der Waals surface area contributed by atoms with E-state index in [1.807, 2.05) is 12.1 Å². The predicted molar refractivity (Wildman–Crippen MR) is 108 cm³/mol. The molecule has 1 heterocycles. The minimum absolute atomic E-state index is 0.0317. The van der Waals surface area contributed by atoms with Gasteiger partial charge in [0.05, 0.1) is 24.5 Å². The highest BCUT2D eigenvalue weighted by atomic mass is 32.2. The van der Waals surface area contributed by atoms with Gasteiger partial charge in [-0.15, -0.1) is 0 Å². The zero-order chi connectivity index (χ0) is 19.5. The molecule has 4 nitrogen and oxygen atoms in total. The van der Waals surface area contributed by atoms with Gasteiger partial charge in [-0.05, 0) is 35.4 Å². The van der Waals surface area contributed by atoms with Gasteiger partial charge >= 0.3 is 0 Å². The molecule has 1 fully saturated rings. The topological polar surface area (TPSA) is 41.8 Å². The van der Waals surface area contributed by atoms with Gasteiger partial charge in [-0.1, -0.05) is 46.8 Å². The second-order valence-corrected chi connectivity index (χ2v) is 11.2. The Hall–Kier alpha value is -0.910. The summed E-state index contributed by atoms with van der Waals surface area (Å²) < 4.78 is 27.6. The zero-order valence-corrected chi connectivity index (χ0v) is 18.2. The summed E-state index contributed by atoms with van der Waals surface area (Å²) >= 11 is 0. The SMILES string of the molecule is CC(C)CC[NH+](C)C1CCN(S(=O)(=O)c2ccc(C(C)(C)C)cc2)CC1. The Balaban J connectivity index is 1.99. The molecule has 0 bridgehead atoms. The molecule has 26 heavy (non-hydrogen) atoms. The molecule has 1 atom stereocenters. The van der Waals surface area contributed by atoms with Crippen LogP contribution in [0.5, 0.6) is 0 Å². The lowest BCUT2D eigenvalue weighted by molar-refractivity contribution is -0.907. The molecule has 1 aromatic carbocycles. The highest BCUT2D eigenvalue weighted by Crippen LogP contribution is 2.25. The van der Waals surface area contributed by atoms with Crippen LogP contribution < -0.4 is 4.90 Å². The lowest BCUT2D eigenvalue weighted by Gasteiger charge is -2.34. The first-order chi connectivity index (χ1) is 12.0. The Bertz CT molecular complexity index is 667. The molecule has 1 N–H and O–H groups in total. The van der Waals surface area contributed by atoms with Gasteiger partial charge in [0.25, 0.3) is 0 Å². The maximum atomic E-state index is 13.0. The number of hydrogen-bond donors (Lipinski definition) is 1. The number of sulfonamides is 1. The van der Waals surface area contributed by atoms with E-state index in [0.717, 1.165) is 24.3 Å². The Morgan fingerprint density at radius 2 is 1.65 bits per heavy atom. The van der Waals surface area contributed by atoms with E-state index in [1.165, 1.54) is 13.0 Å². The zero-order valence-electron chi connectivity index (χ0n) is 17.4. The summed E-state index contributed by atoms with van der Waals surface area (Å²) in [6.45, 7) is 13.4. The van der Waals surface area contributed by atoms with Gasteiger partial charge in [-0.3, -0.25) is 0 Å². The molecular weight excluding hydrogens is 344 g/mol. The summed E-state index contributed by atoms with van der Waals surface area (Å²) in [6.07, 6.45) is 3.12. The smallest absolute Gasteiger partial charge is 0.243 e. The fourth-order valence-electron chi connectivity index (χ4n) is 3.59. The van der Waals surface area contributed by atoms with Gasteiger partial charge in [-0.25, -0.2) is 8.42 Å². The van der Waals surface area contributed by atoms with Gasteiger partial charge in [0.2, 0.25) is 10.0 Å². The summed E-state index contributed by atoms with van der Waals surface area (Å²) in [5.41, 5.74) is 1.19. The van der Waals surface area contributed by atoms with E-state index >= 15 is 0 Å². The van der Waals surface area contributed by atoms with E-state index in [2.05, 4.69) is 41.7 Å². The molecule has 1 aliphatic rings. The molecule has 0 amide bonds. The first kappa shape index (κ1) is 21.4. The second kappa shape index (κ2) is 8.41. The summed E-state index contributed by atoms with van der Waals surface area (Å²) in [6, 6.07) is 8.00. The highest BCUT2D eigenvalue weighted by Gasteiger charge is 2.32. The van der Waals surface area contributed by atoms with Crippen molar-refractivity contribution in [1.29, 1.82) is 0 Å². The fraction of sp³-hybridized carbons (Fsp3) is 0.714. The van der Waals surface area contributed by atoms with Crippen LogP contribution in [-0.2, 0) is 15.4 Å². The average Bonchev–Trinajstić information content (AvgIpc) is 2.59. The quantitative estimate of drug-likeness (QED) is 0.823. The third-order valence-electron chi connectivity index (χ3n) is 5.62. The van der Waals surface area contributed by atoms with Crippen molar-refractivity contribution in [1.82, 2.24) is 4.31 Å². The molecule has 0 saturated carbocycles. The van der Waals surface area contributed by atoms with Crippen molar-refractivity contribution in [2.45, 2.75) is 70.2 Å². The first-order valence-corrected chi connectivity index (χ1v) is 11.4. The van der Waals surface area contributed by atoms with Crippen molar-refractivity contribution >= 4 is 10.0 Å². The van der Waals surface area contributed by atoms with Crippen LogP contribution in [0, 0.1) is 5.92 Å². The highest BCUT2D eigenvalue weighted by molar-refractivity contribution is 7.89. The molecule has 1 aliphatic heterocycles. The molecule has 0 aromatic heterocycles. The number of quaternary nitrogens is 1. The van der Waals surface area contributed by atoms with Crippen molar-refractivity contribution in [2.24, 2.45) is 5.92 Å². The largest absolute Gasteiger partial charge is 0.335 e. The van der Waals surface area contributed by atoms with E-state index < -0.39 is 10.0 Å². The number of piperidine rings is 1. The lowest BCUT2D eigenvalue weighted by Crippen LogP contribution is -3.13. The Morgan fingerprint density at radius 1 is 1.12 bits per heavy atom. The number of rotatable bonds is 6. The molecule has 148 valence electrons. The van der Waals surface area contributed by atoms with Crippen LogP contribution >= 0.6 is 0 Å². The van der Waals surface area contributed by atoms with Gasteiger partial charge in [0.1, 0.15) is 0 Å². The number of hydrogen-bond acceptors (Lipinski definition) is 2. The van der Waals surface area contributed by atoms with E-state index in [-0.39, 0.29) is 5.41 Å². The van der Waals surface area contributed by atoms with Crippen molar-refractivity contribution in [2.75, 3.05) is 26.7 Å². The van der Waals surface area contributed by atoms with Crippen LogP contribution in [0.3, 0.4) is 0 Å². The van der Waals surface area contributed by atoms with Crippen molar-refractivity contribution in [3.63, 3.8) is 0 Å². The fourth-order valence-corrected chi connectivity index (χ4v) is 5.06. The van der Waals surface area contributed by atoms with Crippen LogP contribution in [0.4, 0.5) is 0 Å². The van der Waals surface area contributed by atoms with Crippen LogP contribution in [-0.4, -0.2) is 45.4 Å². The third kappa shape index (κ3) is 5.30. The van der Waals surface area contributed by atoms with Gasteiger partial charge in [-0.2, -0.15) is 4.31 Å². The van der Waals surface area contributed by atoms with Crippen LogP contribution in [0.1, 0.15) is 59.4 Å². The molecule has 1 saturated heterocycles. The van der Waals surface area contributed by atoms with E-state index in [0.29, 0.717) is 24.0 Å². The van der Waals surface area contributed by atoms with Crippen LogP contribution in [0.2, 0.25) is 0 Å². The molecule has 1 aromatic rings. The summed E-state index contributed by atoms with van der Waals surface area (Å²) in [4.78, 5) is 1.97. The van der Waals surface area contributed by atoms with E-state index in [1.54, 1.807) is 21.3 Å². The monoisotopic (exact) mass is 381 g/mol. The first-order valence-electron chi connectivity index (χ1n) is 9.95. The molecule has 0 aliphatic carbocycles. The van der Waals surface area contributed by atoms with Crippen LogP contribution in [0.15, 0.2) is 29.2 Å². The minimum atomic E-state index is -3.38. The Labute approximate surface area is 160 Å². The lowest BCUT2D eigenvalue weighted by atomic mass is 9.87. The minimum Gasteiger partial charge on any atom is -0.335 e. The van der Waals surface area contributed by atoms with Crippen LogP contribution in [0.25, 0.3) is 0 Å². The third-order valence-corrected chi connectivity index (χ3v) is 7.54. The maximum absolute atomic E-state index is 13.0. The molecule has 5 heteroatoms. The molecule has 2 rings (SSSR count). The predicted octanol–water partition coefficient (Wildman–Crippen LogP) is 2.70. The maximum Gasteiger partial charge on any atom is 0.243 e. The number of nitrogens with one attached hydrogen (secondary N) is 1. The number of benzene rings is 1. The number of nitrogens with zero attached hydrogens (tertiary/aromatic N) is 1. The Morgan fingerprint density at radius 3 is 2.12 bits per heavy atom. The van der Waals surface area contributed by atoms with E-state index in [9.17, 15) is 8.42 Å². The average molecular weight is 382 g/mol. The van der Waals surface area contributed by atoms with Gasteiger partial charge < -0.3 is 4.90 Å². The summed E-state index contributed by atoms with van der Waals surface area (Å²) in [5.74, 6) is 0.724. The molecular formula is C21H37N2O2S+. The molecule has 1 unspecified atom stereocenters. The van der Waals surface area contributed by atoms with Gasteiger partial charge in [0.15, 0.2) is 0 Å². The normalized spacial score (nSPS) is 19.0. The summed E-state index contributed by atoms with van der Waals surface area (Å²) in [5, 5.41) is 0. The van der Waals surface area contributed by atoms with Crippen molar-refractivity contribution < 1.29 is 13.3 Å². The summed E-state index contributed by atoms with van der Waals surface area (Å²) in [7, 11) is -1.12. The molecule has 0 radical (unpaired) electrons. The molecule has 0 spiro atoms. The van der Waals surface area contributed by atoms with Gasteiger partial charge in [0, 0.05) is 25.9 Å². The second-order valence-electron chi connectivity index (χ2n) is 9.23. The Kier molecular flexibility index (Phi) is 6.92.